The van der Waals surface area contributed by atoms with Gasteiger partial charge in [0.15, 0.2) is 0 Å². The quantitative estimate of drug-likeness (QED) is 0.578. The van der Waals surface area contributed by atoms with Gasteiger partial charge in [-0.15, -0.1) is 0 Å². The summed E-state index contributed by atoms with van der Waals surface area (Å²) in [4.78, 5) is 34.3. The van der Waals surface area contributed by atoms with E-state index in [1.807, 2.05) is 19.9 Å². The molecule has 4 N–H and O–H groups in total. The molecule has 0 saturated heterocycles. The minimum atomic E-state index is -1.18. The third-order valence-electron chi connectivity index (χ3n) is 3.20. The van der Waals surface area contributed by atoms with Crippen LogP contribution in [-0.4, -0.2) is 40.3 Å². The van der Waals surface area contributed by atoms with Gasteiger partial charge in [-0.2, -0.15) is 0 Å². The van der Waals surface area contributed by atoms with Crippen LogP contribution in [0.1, 0.15) is 25.8 Å². The zero-order valence-corrected chi connectivity index (χ0v) is 13.2. The van der Waals surface area contributed by atoms with Crippen molar-refractivity contribution in [3.05, 3.63) is 35.9 Å². The number of hydrogen-bond donors (Lipinski definition) is 4. The molecule has 1 aromatic carbocycles. The maximum Gasteiger partial charge on any atom is 0.326 e. The molecule has 0 aliphatic heterocycles. The van der Waals surface area contributed by atoms with Gasteiger partial charge >= 0.3 is 18.0 Å². The lowest BCUT2D eigenvalue weighted by Crippen LogP contribution is -2.52. The zero-order valence-electron chi connectivity index (χ0n) is 13.2. The molecule has 0 fully saturated rings. The average Bonchev–Trinajstić information content (AvgIpc) is 2.46. The molecule has 0 heterocycles. The number of carboxylic acids is 2. The Balaban J connectivity index is 2.66. The fourth-order valence-electron chi connectivity index (χ4n) is 2.10. The van der Waals surface area contributed by atoms with E-state index in [0.29, 0.717) is 0 Å². The van der Waals surface area contributed by atoms with Gasteiger partial charge in [0.25, 0.3) is 0 Å². The summed E-state index contributed by atoms with van der Waals surface area (Å²) < 4.78 is 0. The van der Waals surface area contributed by atoms with E-state index in [9.17, 15) is 19.5 Å². The van der Waals surface area contributed by atoms with Crippen LogP contribution >= 0.6 is 0 Å². The van der Waals surface area contributed by atoms with E-state index in [1.54, 1.807) is 24.3 Å². The lowest BCUT2D eigenvalue weighted by atomic mass is 10.0. The van der Waals surface area contributed by atoms with Gasteiger partial charge in [0, 0.05) is 6.42 Å². The van der Waals surface area contributed by atoms with Crippen LogP contribution in [0.3, 0.4) is 0 Å². The Morgan fingerprint density at radius 1 is 0.957 bits per heavy atom. The highest BCUT2D eigenvalue weighted by atomic mass is 16.4. The molecule has 0 saturated carbocycles. The van der Waals surface area contributed by atoms with Crippen molar-refractivity contribution in [3.8, 4) is 0 Å². The smallest absolute Gasteiger partial charge is 0.326 e. The monoisotopic (exact) mass is 322 g/mol. The van der Waals surface area contributed by atoms with E-state index < -0.39 is 30.1 Å². The molecule has 1 rings (SSSR count). The van der Waals surface area contributed by atoms with Crippen LogP contribution < -0.4 is 10.6 Å². The lowest BCUT2D eigenvalue weighted by Gasteiger charge is -2.19. The van der Waals surface area contributed by atoms with Crippen molar-refractivity contribution in [2.24, 2.45) is 5.92 Å². The van der Waals surface area contributed by atoms with Gasteiger partial charge in [-0.3, -0.25) is 0 Å². The number of nitrogens with one attached hydrogen (secondary N) is 2. The minimum absolute atomic E-state index is 0.0796. The number of amides is 2. The molecule has 2 atom stereocenters. The number of benzene rings is 1. The highest BCUT2D eigenvalue weighted by molar-refractivity contribution is 5.86. The summed E-state index contributed by atoms with van der Waals surface area (Å²) in [6, 6.07) is 5.88. The number of urea groups is 1. The molecule has 0 aliphatic rings. The first kappa shape index (κ1) is 18.5. The zero-order chi connectivity index (χ0) is 17.4. The van der Waals surface area contributed by atoms with Gasteiger partial charge in [-0.05, 0) is 17.9 Å². The Hall–Kier alpha value is -2.57. The van der Waals surface area contributed by atoms with Crippen LogP contribution in [0.25, 0.3) is 0 Å². The molecule has 0 radical (unpaired) electrons. The summed E-state index contributed by atoms with van der Waals surface area (Å²) in [7, 11) is 0. The summed E-state index contributed by atoms with van der Waals surface area (Å²) in [5.41, 5.74) is 0.761. The molecule has 23 heavy (non-hydrogen) atoms. The second-order valence-electron chi connectivity index (χ2n) is 5.72. The molecule has 0 unspecified atom stereocenters. The normalized spacial score (nSPS) is 13.2. The van der Waals surface area contributed by atoms with E-state index in [4.69, 9.17) is 5.11 Å². The summed E-state index contributed by atoms with van der Waals surface area (Å²) in [6.07, 6.45) is 0.380. The molecule has 0 aliphatic carbocycles. The van der Waals surface area contributed by atoms with Crippen molar-refractivity contribution in [1.82, 2.24) is 10.6 Å². The Labute approximate surface area is 134 Å². The summed E-state index contributed by atoms with van der Waals surface area (Å²) in [5, 5.41) is 22.9. The van der Waals surface area contributed by atoms with Gasteiger partial charge in [0.1, 0.15) is 12.1 Å². The number of aliphatic carboxylic acids is 2. The molecule has 1 aromatic rings. The standard InChI is InChI=1S/C16H22N2O5/c1-10(2)8-12(14(19)20)17-16(23)18-13(15(21)22)9-11-6-4-3-5-7-11/h3-7,10,12-13H,8-9H2,1-2H3,(H,19,20)(H,21,22)(H2,17,18,23)/t12-,13+/m0/s1. The van der Waals surface area contributed by atoms with Crippen molar-refractivity contribution < 1.29 is 24.6 Å². The molecule has 7 nitrogen and oxygen atoms in total. The third kappa shape index (κ3) is 6.82. The summed E-state index contributed by atoms with van der Waals surface area (Å²) >= 11 is 0. The average molecular weight is 322 g/mol. The molecule has 0 spiro atoms. The van der Waals surface area contributed by atoms with Gasteiger partial charge in [0.2, 0.25) is 0 Å². The van der Waals surface area contributed by atoms with Crippen LogP contribution in [0.4, 0.5) is 4.79 Å². The van der Waals surface area contributed by atoms with Crippen LogP contribution in [0.15, 0.2) is 30.3 Å². The van der Waals surface area contributed by atoms with Crippen molar-refractivity contribution in [3.63, 3.8) is 0 Å². The predicted octanol–water partition coefficient (Wildman–Crippen LogP) is 1.48. The van der Waals surface area contributed by atoms with Crippen molar-refractivity contribution in [1.29, 1.82) is 0 Å². The first-order chi connectivity index (χ1) is 10.8. The SMILES string of the molecule is CC(C)C[C@H](NC(=O)N[C@H](Cc1ccccc1)C(=O)O)C(=O)O. The van der Waals surface area contributed by atoms with E-state index in [-0.39, 0.29) is 18.8 Å². The highest BCUT2D eigenvalue weighted by Gasteiger charge is 2.25. The molecule has 2 amide bonds. The van der Waals surface area contributed by atoms with Gasteiger partial charge < -0.3 is 20.8 Å². The Kier molecular flexibility index (Phi) is 7.05. The first-order valence-electron chi connectivity index (χ1n) is 7.36. The van der Waals surface area contributed by atoms with Crippen LogP contribution in [-0.2, 0) is 16.0 Å². The number of carbonyl (C=O) groups is 3. The number of carboxylic acid groups (broad SMARTS) is 2. The topological polar surface area (TPSA) is 116 Å². The van der Waals surface area contributed by atoms with E-state index in [0.717, 1.165) is 5.56 Å². The van der Waals surface area contributed by atoms with Crippen LogP contribution in [0, 0.1) is 5.92 Å². The molecule has 126 valence electrons. The van der Waals surface area contributed by atoms with Crippen molar-refractivity contribution >= 4 is 18.0 Å². The lowest BCUT2D eigenvalue weighted by molar-refractivity contribution is -0.139. The van der Waals surface area contributed by atoms with Crippen LogP contribution in [0.2, 0.25) is 0 Å². The molecule has 7 heteroatoms. The Bertz CT molecular complexity index is 545. The second kappa shape index (κ2) is 8.77. The van der Waals surface area contributed by atoms with Crippen molar-refractivity contribution in [2.75, 3.05) is 0 Å². The molecular formula is C16H22N2O5. The van der Waals surface area contributed by atoms with Crippen molar-refractivity contribution in [2.45, 2.75) is 38.8 Å². The van der Waals surface area contributed by atoms with Gasteiger partial charge in [-0.1, -0.05) is 44.2 Å². The summed E-state index contributed by atoms with van der Waals surface area (Å²) in [5.74, 6) is -2.25. The fraction of sp³-hybridized carbons (Fsp3) is 0.438. The number of hydrogen-bond acceptors (Lipinski definition) is 3. The van der Waals surface area contributed by atoms with Gasteiger partial charge in [-0.25, -0.2) is 14.4 Å². The Morgan fingerprint density at radius 3 is 1.96 bits per heavy atom. The van der Waals surface area contributed by atoms with E-state index in [2.05, 4.69) is 10.6 Å². The maximum absolute atomic E-state index is 11.9. The maximum atomic E-state index is 11.9. The second-order valence-corrected chi connectivity index (χ2v) is 5.72. The number of rotatable bonds is 8. The van der Waals surface area contributed by atoms with Crippen LogP contribution in [0.5, 0.6) is 0 Å². The number of carbonyl (C=O) groups excluding carboxylic acids is 1. The molecular weight excluding hydrogens is 300 g/mol. The van der Waals surface area contributed by atoms with E-state index >= 15 is 0 Å². The minimum Gasteiger partial charge on any atom is -0.480 e. The molecule has 0 aromatic heterocycles. The summed E-state index contributed by atoms with van der Waals surface area (Å²) in [6.45, 7) is 3.68. The Morgan fingerprint density at radius 2 is 1.48 bits per heavy atom. The predicted molar refractivity (Wildman–Crippen MR) is 84.1 cm³/mol. The van der Waals surface area contributed by atoms with Gasteiger partial charge in [0.05, 0.1) is 0 Å². The van der Waals surface area contributed by atoms with E-state index in [1.165, 1.54) is 0 Å². The fourth-order valence-corrected chi connectivity index (χ4v) is 2.10. The molecule has 0 bridgehead atoms. The third-order valence-corrected chi connectivity index (χ3v) is 3.20. The highest BCUT2D eigenvalue weighted by Crippen LogP contribution is 2.06. The largest absolute Gasteiger partial charge is 0.480 e. The first-order valence-corrected chi connectivity index (χ1v) is 7.36.